The highest BCUT2D eigenvalue weighted by atomic mass is 16.5. The van der Waals surface area contributed by atoms with Crippen molar-refractivity contribution in [1.29, 1.82) is 0 Å². The summed E-state index contributed by atoms with van der Waals surface area (Å²) in [4.78, 5) is 0. The van der Waals surface area contributed by atoms with Crippen molar-refractivity contribution in [3.05, 3.63) is 29.8 Å². The molecule has 0 aromatic heterocycles. The minimum absolute atomic E-state index is 0.00567. The number of hydrogen-bond acceptors (Lipinski definition) is 3. The maximum atomic E-state index is 5.81. The summed E-state index contributed by atoms with van der Waals surface area (Å²) >= 11 is 0. The van der Waals surface area contributed by atoms with Crippen molar-refractivity contribution in [3.63, 3.8) is 0 Å². The van der Waals surface area contributed by atoms with Crippen molar-refractivity contribution in [3.8, 4) is 5.75 Å². The van der Waals surface area contributed by atoms with Crippen LogP contribution in [-0.2, 0) is 4.74 Å². The van der Waals surface area contributed by atoms with Crippen LogP contribution in [0.25, 0.3) is 0 Å². The standard InChI is InChI=1S/C15H23NO2/c1-15(2,3)13-9-10-18-14(16-13)11-5-7-12(17-4)8-6-11/h5-8,13-14,16H,9-10H2,1-4H3/t13-,14+/m1/s1. The lowest BCUT2D eigenvalue weighted by Crippen LogP contribution is -2.47. The molecule has 2 rings (SSSR count). The van der Waals surface area contributed by atoms with Crippen molar-refractivity contribution in [1.82, 2.24) is 5.32 Å². The van der Waals surface area contributed by atoms with Gasteiger partial charge in [-0.1, -0.05) is 32.9 Å². The third-order valence-electron chi connectivity index (χ3n) is 3.51. The molecule has 1 aromatic rings. The minimum atomic E-state index is -0.00567. The number of methoxy groups -OCH3 is 1. The second-order valence-electron chi connectivity index (χ2n) is 5.90. The molecule has 18 heavy (non-hydrogen) atoms. The van der Waals surface area contributed by atoms with Crippen LogP contribution in [0.4, 0.5) is 0 Å². The first kappa shape index (κ1) is 13.4. The Balaban J connectivity index is 2.08. The predicted molar refractivity (Wildman–Crippen MR) is 72.7 cm³/mol. The fourth-order valence-electron chi connectivity index (χ4n) is 2.27. The topological polar surface area (TPSA) is 30.5 Å². The molecule has 100 valence electrons. The van der Waals surface area contributed by atoms with E-state index in [1.165, 1.54) is 0 Å². The minimum Gasteiger partial charge on any atom is -0.497 e. The SMILES string of the molecule is COc1ccc([C@H]2N[C@@H](C(C)(C)C)CCO2)cc1. The molecule has 1 aromatic carbocycles. The molecule has 0 saturated carbocycles. The molecule has 3 heteroatoms. The first-order valence-corrected chi connectivity index (χ1v) is 6.52. The van der Waals surface area contributed by atoms with E-state index in [-0.39, 0.29) is 11.6 Å². The molecule has 1 heterocycles. The van der Waals surface area contributed by atoms with Crippen LogP contribution in [0.3, 0.4) is 0 Å². The zero-order valence-electron chi connectivity index (χ0n) is 11.7. The molecule has 1 fully saturated rings. The quantitative estimate of drug-likeness (QED) is 0.873. The van der Waals surface area contributed by atoms with Crippen LogP contribution in [0.15, 0.2) is 24.3 Å². The normalized spacial score (nSPS) is 24.9. The van der Waals surface area contributed by atoms with E-state index >= 15 is 0 Å². The van der Waals surface area contributed by atoms with Crippen LogP contribution in [-0.4, -0.2) is 19.8 Å². The summed E-state index contributed by atoms with van der Waals surface area (Å²) < 4.78 is 11.0. The summed E-state index contributed by atoms with van der Waals surface area (Å²) in [6.45, 7) is 7.61. The van der Waals surface area contributed by atoms with Crippen LogP contribution in [0, 0.1) is 5.41 Å². The summed E-state index contributed by atoms with van der Waals surface area (Å²) in [7, 11) is 1.68. The zero-order chi connectivity index (χ0) is 13.2. The highest BCUT2D eigenvalue weighted by Gasteiger charge is 2.30. The van der Waals surface area contributed by atoms with Crippen molar-refractivity contribution in [2.45, 2.75) is 39.5 Å². The van der Waals surface area contributed by atoms with Gasteiger partial charge in [-0.3, -0.25) is 5.32 Å². The van der Waals surface area contributed by atoms with Crippen LogP contribution in [0.1, 0.15) is 39.0 Å². The predicted octanol–water partition coefficient (Wildman–Crippen LogP) is 3.12. The molecule has 0 bridgehead atoms. The van der Waals surface area contributed by atoms with Gasteiger partial charge < -0.3 is 9.47 Å². The Labute approximate surface area is 109 Å². The molecule has 0 aliphatic carbocycles. The zero-order valence-corrected chi connectivity index (χ0v) is 11.7. The second kappa shape index (κ2) is 5.29. The summed E-state index contributed by atoms with van der Waals surface area (Å²) in [5.41, 5.74) is 1.42. The Morgan fingerprint density at radius 2 is 1.89 bits per heavy atom. The van der Waals surface area contributed by atoms with E-state index in [0.29, 0.717) is 6.04 Å². The number of ether oxygens (including phenoxy) is 2. The number of rotatable bonds is 2. The lowest BCUT2D eigenvalue weighted by Gasteiger charge is -2.39. The Morgan fingerprint density at radius 3 is 2.44 bits per heavy atom. The van der Waals surface area contributed by atoms with Gasteiger partial charge in [0.15, 0.2) is 0 Å². The molecular weight excluding hydrogens is 226 g/mol. The van der Waals surface area contributed by atoms with Crippen LogP contribution < -0.4 is 10.1 Å². The van der Waals surface area contributed by atoms with Gasteiger partial charge in [0, 0.05) is 6.04 Å². The van der Waals surface area contributed by atoms with E-state index in [2.05, 4.69) is 38.2 Å². The van der Waals surface area contributed by atoms with Gasteiger partial charge in [0.05, 0.1) is 13.7 Å². The Morgan fingerprint density at radius 1 is 1.22 bits per heavy atom. The summed E-state index contributed by atoms with van der Waals surface area (Å²) in [5.74, 6) is 0.877. The lowest BCUT2D eigenvalue weighted by atomic mass is 9.84. The van der Waals surface area contributed by atoms with E-state index in [9.17, 15) is 0 Å². The number of hydrogen-bond donors (Lipinski definition) is 1. The van der Waals surface area contributed by atoms with Crippen molar-refractivity contribution in [2.75, 3.05) is 13.7 Å². The molecule has 1 aliphatic rings. The van der Waals surface area contributed by atoms with Gasteiger partial charge in [-0.05, 0) is 29.5 Å². The largest absolute Gasteiger partial charge is 0.497 e. The van der Waals surface area contributed by atoms with Gasteiger partial charge in [-0.15, -0.1) is 0 Å². The fraction of sp³-hybridized carbons (Fsp3) is 0.600. The third kappa shape index (κ3) is 3.03. The smallest absolute Gasteiger partial charge is 0.134 e. The second-order valence-corrected chi connectivity index (χ2v) is 5.90. The Bertz CT molecular complexity index is 380. The van der Waals surface area contributed by atoms with Crippen LogP contribution in [0.5, 0.6) is 5.75 Å². The average molecular weight is 249 g/mol. The molecule has 0 unspecified atom stereocenters. The van der Waals surface area contributed by atoms with Crippen molar-refractivity contribution >= 4 is 0 Å². The molecule has 2 atom stereocenters. The molecule has 1 saturated heterocycles. The highest BCUT2D eigenvalue weighted by Crippen LogP contribution is 2.29. The number of benzene rings is 1. The van der Waals surface area contributed by atoms with Gasteiger partial charge in [0.1, 0.15) is 12.0 Å². The summed E-state index contributed by atoms with van der Waals surface area (Å²) in [6.07, 6.45) is 1.06. The van der Waals surface area contributed by atoms with Crippen LogP contribution >= 0.6 is 0 Å². The van der Waals surface area contributed by atoms with E-state index in [1.54, 1.807) is 7.11 Å². The van der Waals surface area contributed by atoms with Crippen molar-refractivity contribution in [2.24, 2.45) is 5.41 Å². The summed E-state index contributed by atoms with van der Waals surface area (Å²) in [6, 6.07) is 8.55. The van der Waals surface area contributed by atoms with Gasteiger partial charge in [-0.25, -0.2) is 0 Å². The molecule has 0 amide bonds. The molecule has 1 aliphatic heterocycles. The molecular formula is C15H23NO2. The van der Waals surface area contributed by atoms with Crippen molar-refractivity contribution < 1.29 is 9.47 Å². The maximum Gasteiger partial charge on any atom is 0.134 e. The molecule has 1 N–H and O–H groups in total. The van der Waals surface area contributed by atoms with E-state index in [1.807, 2.05) is 12.1 Å². The lowest BCUT2D eigenvalue weighted by molar-refractivity contribution is -0.0400. The van der Waals surface area contributed by atoms with Crippen LogP contribution in [0.2, 0.25) is 0 Å². The molecule has 0 spiro atoms. The molecule has 0 radical (unpaired) electrons. The average Bonchev–Trinajstić information content (AvgIpc) is 2.38. The van der Waals surface area contributed by atoms with E-state index in [4.69, 9.17) is 9.47 Å². The Kier molecular flexibility index (Phi) is 3.93. The first-order chi connectivity index (χ1) is 8.50. The number of nitrogens with one attached hydrogen (secondary N) is 1. The maximum absolute atomic E-state index is 5.81. The molecule has 3 nitrogen and oxygen atoms in total. The highest BCUT2D eigenvalue weighted by molar-refractivity contribution is 5.28. The van der Waals surface area contributed by atoms with E-state index < -0.39 is 0 Å². The monoisotopic (exact) mass is 249 g/mol. The third-order valence-corrected chi connectivity index (χ3v) is 3.51. The first-order valence-electron chi connectivity index (χ1n) is 6.52. The van der Waals surface area contributed by atoms with E-state index in [0.717, 1.165) is 24.3 Å². The fourth-order valence-corrected chi connectivity index (χ4v) is 2.27. The van der Waals surface area contributed by atoms with Gasteiger partial charge in [0.25, 0.3) is 0 Å². The van der Waals surface area contributed by atoms with Gasteiger partial charge in [-0.2, -0.15) is 0 Å². The Hall–Kier alpha value is -1.06. The summed E-state index contributed by atoms with van der Waals surface area (Å²) in [5, 5.41) is 3.58. The van der Waals surface area contributed by atoms with Gasteiger partial charge in [0.2, 0.25) is 0 Å². The van der Waals surface area contributed by atoms with Gasteiger partial charge >= 0.3 is 0 Å².